The highest BCUT2D eigenvalue weighted by Gasteiger charge is 2.13. The molecule has 160 valence electrons. The zero-order valence-electron chi connectivity index (χ0n) is 17.7. The summed E-state index contributed by atoms with van der Waals surface area (Å²) in [5.74, 6) is 0.00921. The van der Waals surface area contributed by atoms with Gasteiger partial charge in [-0.25, -0.2) is 0 Å². The van der Waals surface area contributed by atoms with Crippen molar-refractivity contribution < 1.29 is 9.90 Å². The number of aromatic hydroxyl groups is 1. The van der Waals surface area contributed by atoms with Gasteiger partial charge in [0.05, 0.1) is 5.69 Å². The molecule has 3 aromatic carbocycles. The smallest absolute Gasteiger partial charge is 0.251 e. The number of alkyl halides is 1. The molecule has 0 aliphatic heterocycles. The van der Waals surface area contributed by atoms with Crippen LogP contribution in [0.5, 0.6) is 5.75 Å². The molecule has 0 bridgehead atoms. The summed E-state index contributed by atoms with van der Waals surface area (Å²) in [6, 6.07) is 25.0. The molecule has 1 heterocycles. The van der Waals surface area contributed by atoms with Gasteiger partial charge in [-0.15, -0.1) is 0 Å². The Balaban J connectivity index is 1.67. The van der Waals surface area contributed by atoms with E-state index >= 15 is 0 Å². The lowest BCUT2D eigenvalue weighted by Crippen LogP contribution is -2.23. The van der Waals surface area contributed by atoms with Crippen molar-refractivity contribution in [2.24, 2.45) is 0 Å². The van der Waals surface area contributed by atoms with Crippen LogP contribution in [0.3, 0.4) is 0 Å². The number of benzene rings is 3. The van der Waals surface area contributed by atoms with Crippen molar-refractivity contribution in [2.75, 3.05) is 0 Å². The van der Waals surface area contributed by atoms with E-state index < -0.39 is 0 Å². The quantitative estimate of drug-likeness (QED) is 0.226. The SMILES string of the molecule is Cc1ccc(-c2cc(C(=O)NCc3ccc(CI)nc3)cc(-c3ccccc3O)c2)cc1. The third kappa shape index (κ3) is 5.16. The van der Waals surface area contributed by atoms with Crippen molar-refractivity contribution in [3.63, 3.8) is 0 Å². The van der Waals surface area contributed by atoms with Crippen molar-refractivity contribution >= 4 is 28.5 Å². The van der Waals surface area contributed by atoms with Gasteiger partial charge >= 0.3 is 0 Å². The number of halogens is 1. The summed E-state index contributed by atoms with van der Waals surface area (Å²) in [5.41, 5.74) is 7.09. The number of hydrogen-bond acceptors (Lipinski definition) is 3. The van der Waals surface area contributed by atoms with Crippen molar-refractivity contribution in [1.82, 2.24) is 10.3 Å². The molecule has 0 aliphatic carbocycles. The van der Waals surface area contributed by atoms with Gasteiger partial charge in [0, 0.05) is 28.3 Å². The molecule has 0 aliphatic rings. The number of carbonyl (C=O) groups is 1. The normalized spacial score (nSPS) is 10.7. The maximum absolute atomic E-state index is 13.1. The molecule has 0 atom stereocenters. The summed E-state index contributed by atoms with van der Waals surface area (Å²) in [7, 11) is 0. The highest BCUT2D eigenvalue weighted by Crippen LogP contribution is 2.33. The van der Waals surface area contributed by atoms with Gasteiger partial charge in [0.1, 0.15) is 5.75 Å². The molecule has 2 N–H and O–H groups in total. The van der Waals surface area contributed by atoms with Gasteiger partial charge in [0.2, 0.25) is 0 Å². The zero-order chi connectivity index (χ0) is 22.5. The van der Waals surface area contributed by atoms with E-state index in [-0.39, 0.29) is 11.7 Å². The molecule has 32 heavy (non-hydrogen) atoms. The number of phenols is 1. The van der Waals surface area contributed by atoms with Crippen molar-refractivity contribution in [1.29, 1.82) is 0 Å². The van der Waals surface area contributed by atoms with Crippen LogP contribution >= 0.6 is 22.6 Å². The summed E-state index contributed by atoms with van der Waals surface area (Å²) in [6.07, 6.45) is 1.80. The number of nitrogens with zero attached hydrogens (tertiary/aromatic N) is 1. The number of pyridine rings is 1. The summed E-state index contributed by atoms with van der Waals surface area (Å²) < 4.78 is 0.852. The Morgan fingerprint density at radius 3 is 2.38 bits per heavy atom. The van der Waals surface area contributed by atoms with E-state index in [0.29, 0.717) is 17.7 Å². The van der Waals surface area contributed by atoms with Gasteiger partial charge in [0.15, 0.2) is 0 Å². The van der Waals surface area contributed by atoms with E-state index in [9.17, 15) is 9.90 Å². The van der Waals surface area contributed by atoms with Crippen LogP contribution < -0.4 is 5.32 Å². The van der Waals surface area contributed by atoms with Crippen molar-refractivity contribution in [3.05, 3.63) is 107 Å². The molecule has 4 nitrogen and oxygen atoms in total. The number of phenolic OH excluding ortho intramolecular Hbond substituents is 1. The summed E-state index contributed by atoms with van der Waals surface area (Å²) in [4.78, 5) is 17.4. The van der Waals surface area contributed by atoms with Crippen LogP contribution in [0.2, 0.25) is 0 Å². The molecule has 1 amide bonds. The fraction of sp³-hybridized carbons (Fsp3) is 0.111. The zero-order valence-corrected chi connectivity index (χ0v) is 19.8. The number of rotatable bonds is 6. The lowest BCUT2D eigenvalue weighted by Gasteiger charge is -2.12. The first-order chi connectivity index (χ1) is 15.5. The van der Waals surface area contributed by atoms with Crippen molar-refractivity contribution in [3.8, 4) is 28.0 Å². The summed E-state index contributed by atoms with van der Waals surface area (Å²) in [6.45, 7) is 2.44. The lowest BCUT2D eigenvalue weighted by atomic mass is 9.95. The van der Waals surface area contributed by atoms with Crippen LogP contribution in [0.15, 0.2) is 85.1 Å². The molecule has 4 rings (SSSR count). The Morgan fingerprint density at radius 2 is 1.69 bits per heavy atom. The van der Waals surface area contributed by atoms with E-state index in [2.05, 4.69) is 32.9 Å². The number of carbonyl (C=O) groups excluding carboxylic acids is 1. The summed E-state index contributed by atoms with van der Waals surface area (Å²) >= 11 is 2.27. The number of aryl methyl sites for hydroxylation is 1. The molecular weight excluding hydrogens is 511 g/mol. The van der Waals surface area contributed by atoms with Crippen LogP contribution in [0.1, 0.15) is 27.2 Å². The number of nitrogens with one attached hydrogen (secondary N) is 1. The molecule has 0 saturated heterocycles. The molecule has 0 radical (unpaired) electrons. The minimum absolute atomic E-state index is 0.173. The molecule has 4 aromatic rings. The van der Waals surface area contributed by atoms with Gasteiger partial charge in [0.25, 0.3) is 5.91 Å². The van der Waals surface area contributed by atoms with E-state index in [0.717, 1.165) is 32.4 Å². The molecule has 5 heteroatoms. The predicted octanol–water partition coefficient (Wildman–Crippen LogP) is 6.29. The highest BCUT2D eigenvalue weighted by molar-refractivity contribution is 14.1. The average molecular weight is 534 g/mol. The Hall–Kier alpha value is -3.19. The largest absolute Gasteiger partial charge is 0.507 e. The maximum Gasteiger partial charge on any atom is 0.251 e. The second kappa shape index (κ2) is 9.96. The van der Waals surface area contributed by atoms with Crippen LogP contribution in [-0.4, -0.2) is 16.0 Å². The van der Waals surface area contributed by atoms with Crippen LogP contribution in [0, 0.1) is 6.92 Å². The van der Waals surface area contributed by atoms with Crippen LogP contribution in [-0.2, 0) is 11.0 Å². The van der Waals surface area contributed by atoms with E-state index in [4.69, 9.17) is 0 Å². The highest BCUT2D eigenvalue weighted by atomic mass is 127. The van der Waals surface area contributed by atoms with E-state index in [1.165, 1.54) is 5.56 Å². The number of amides is 1. The van der Waals surface area contributed by atoms with Crippen molar-refractivity contribution in [2.45, 2.75) is 17.9 Å². The Bertz CT molecular complexity index is 1240. The molecule has 1 aromatic heterocycles. The average Bonchev–Trinajstić information content (AvgIpc) is 2.83. The maximum atomic E-state index is 13.1. The molecule has 0 spiro atoms. The lowest BCUT2D eigenvalue weighted by molar-refractivity contribution is 0.0951. The Morgan fingerprint density at radius 1 is 0.938 bits per heavy atom. The van der Waals surface area contributed by atoms with E-state index in [1.54, 1.807) is 18.3 Å². The fourth-order valence-electron chi connectivity index (χ4n) is 3.47. The van der Waals surface area contributed by atoms with Gasteiger partial charge in [-0.3, -0.25) is 9.78 Å². The first kappa shape index (κ1) is 22.0. The molecule has 0 unspecified atom stereocenters. The van der Waals surface area contributed by atoms with Crippen LogP contribution in [0.25, 0.3) is 22.3 Å². The molecule has 0 fully saturated rings. The Labute approximate surface area is 201 Å². The third-order valence-corrected chi connectivity index (χ3v) is 6.05. The second-order valence-electron chi connectivity index (χ2n) is 7.66. The van der Waals surface area contributed by atoms with Gasteiger partial charge in [-0.1, -0.05) is 76.7 Å². The third-order valence-electron chi connectivity index (χ3n) is 5.27. The van der Waals surface area contributed by atoms with E-state index in [1.807, 2.05) is 73.7 Å². The monoisotopic (exact) mass is 534 g/mol. The first-order valence-corrected chi connectivity index (χ1v) is 11.8. The topological polar surface area (TPSA) is 62.2 Å². The Kier molecular flexibility index (Phi) is 6.85. The second-order valence-corrected chi connectivity index (χ2v) is 8.42. The van der Waals surface area contributed by atoms with Gasteiger partial charge in [-0.05, 0) is 59.5 Å². The first-order valence-electron chi connectivity index (χ1n) is 10.3. The minimum atomic E-state index is -0.173. The minimum Gasteiger partial charge on any atom is -0.507 e. The standard InChI is InChI=1S/C27H23IN2O2/c1-18-6-9-20(10-7-18)21-12-22(25-4-2-3-5-26(25)31)14-23(13-21)27(32)30-17-19-8-11-24(15-28)29-16-19/h2-14,16,31H,15,17H2,1H3,(H,30,32). The van der Waals surface area contributed by atoms with Gasteiger partial charge in [-0.2, -0.15) is 0 Å². The fourth-order valence-corrected chi connectivity index (χ4v) is 3.92. The number of hydrogen-bond donors (Lipinski definition) is 2. The van der Waals surface area contributed by atoms with Gasteiger partial charge < -0.3 is 10.4 Å². The summed E-state index contributed by atoms with van der Waals surface area (Å²) in [5, 5.41) is 13.4. The van der Waals surface area contributed by atoms with Crippen LogP contribution in [0.4, 0.5) is 0 Å². The molecule has 0 saturated carbocycles. The predicted molar refractivity (Wildman–Crippen MR) is 137 cm³/mol. The molecular formula is C27H23IN2O2. The number of para-hydroxylation sites is 1. The number of aromatic nitrogens is 1.